The smallest absolute Gasteiger partial charge is 0.237 e. The summed E-state index contributed by atoms with van der Waals surface area (Å²) < 4.78 is 0. The molecular formula is C12H22N2O. The normalized spacial score (nSPS) is 28.1. The fourth-order valence-electron chi connectivity index (χ4n) is 2.11. The van der Waals surface area contributed by atoms with E-state index in [2.05, 4.69) is 18.8 Å². The average Bonchev–Trinajstić information content (AvgIpc) is 2.21. The van der Waals surface area contributed by atoms with E-state index in [1.807, 2.05) is 0 Å². The Labute approximate surface area is 92.1 Å². The van der Waals surface area contributed by atoms with Gasteiger partial charge in [-0.15, -0.1) is 6.58 Å². The first-order valence-electron chi connectivity index (χ1n) is 5.82. The number of nitrogens with one attached hydrogen (secondary N) is 1. The van der Waals surface area contributed by atoms with Crippen molar-refractivity contribution in [3.8, 4) is 0 Å². The van der Waals surface area contributed by atoms with Crippen LogP contribution < -0.4 is 11.1 Å². The van der Waals surface area contributed by atoms with Gasteiger partial charge in [0.2, 0.25) is 5.91 Å². The summed E-state index contributed by atoms with van der Waals surface area (Å²) >= 11 is 0. The largest absolute Gasteiger partial charge is 0.352 e. The number of hydrogen-bond donors (Lipinski definition) is 2. The molecule has 1 aliphatic rings. The van der Waals surface area contributed by atoms with Gasteiger partial charge >= 0.3 is 0 Å². The lowest BCUT2D eigenvalue weighted by Gasteiger charge is -2.30. The highest BCUT2D eigenvalue weighted by Crippen LogP contribution is 2.23. The molecule has 0 heterocycles. The van der Waals surface area contributed by atoms with Crippen molar-refractivity contribution in [2.24, 2.45) is 11.7 Å². The topological polar surface area (TPSA) is 55.1 Å². The van der Waals surface area contributed by atoms with Crippen LogP contribution in [0.4, 0.5) is 0 Å². The second kappa shape index (κ2) is 5.91. The van der Waals surface area contributed by atoms with E-state index in [0.717, 1.165) is 6.42 Å². The maximum atomic E-state index is 11.7. The third kappa shape index (κ3) is 3.67. The fourth-order valence-corrected chi connectivity index (χ4v) is 2.11. The van der Waals surface area contributed by atoms with Crippen molar-refractivity contribution in [3.63, 3.8) is 0 Å². The molecular weight excluding hydrogens is 188 g/mol. The van der Waals surface area contributed by atoms with Gasteiger partial charge in [0.25, 0.3) is 0 Å². The number of carbonyl (C=O) groups is 1. The lowest BCUT2D eigenvalue weighted by atomic mass is 9.86. The molecule has 1 saturated carbocycles. The van der Waals surface area contributed by atoms with Gasteiger partial charge in [-0.3, -0.25) is 4.79 Å². The highest BCUT2D eigenvalue weighted by molar-refractivity contribution is 5.81. The Kier molecular flexibility index (Phi) is 4.82. The molecule has 1 rings (SSSR count). The third-order valence-electron chi connectivity index (χ3n) is 3.20. The van der Waals surface area contributed by atoms with Gasteiger partial charge in [-0.2, -0.15) is 0 Å². The monoisotopic (exact) mass is 210 g/mol. The fraction of sp³-hybridized carbons (Fsp3) is 0.750. The number of amides is 1. The molecule has 0 saturated heterocycles. The van der Waals surface area contributed by atoms with Crippen molar-refractivity contribution in [1.82, 2.24) is 5.32 Å². The summed E-state index contributed by atoms with van der Waals surface area (Å²) in [6.45, 7) is 5.78. The summed E-state index contributed by atoms with van der Waals surface area (Å²) in [5.41, 5.74) is 5.71. The summed E-state index contributed by atoms with van der Waals surface area (Å²) in [6.07, 6.45) is 7.04. The number of hydrogen-bond acceptors (Lipinski definition) is 2. The molecule has 3 nitrogen and oxygen atoms in total. The van der Waals surface area contributed by atoms with E-state index in [9.17, 15) is 4.79 Å². The molecule has 86 valence electrons. The molecule has 0 aliphatic heterocycles. The van der Waals surface area contributed by atoms with Crippen LogP contribution in [0.2, 0.25) is 0 Å². The predicted molar refractivity (Wildman–Crippen MR) is 62.4 cm³/mol. The standard InChI is InChI=1S/C12H22N2O/c1-3-6-10(13)12(15)14-11-8-5-4-7-9(11)2/h3,9-11H,1,4-8,13H2,2H3,(H,14,15). The van der Waals surface area contributed by atoms with E-state index < -0.39 is 6.04 Å². The molecule has 15 heavy (non-hydrogen) atoms. The maximum absolute atomic E-state index is 11.7. The number of carbonyl (C=O) groups excluding carboxylic acids is 1. The van der Waals surface area contributed by atoms with E-state index in [1.165, 1.54) is 19.3 Å². The van der Waals surface area contributed by atoms with Crippen molar-refractivity contribution in [3.05, 3.63) is 12.7 Å². The Hall–Kier alpha value is -0.830. The molecule has 0 aromatic rings. The Morgan fingerprint density at radius 3 is 2.87 bits per heavy atom. The SMILES string of the molecule is C=CCC(N)C(=O)NC1CCCCC1C. The summed E-state index contributed by atoms with van der Waals surface area (Å²) in [4.78, 5) is 11.7. The van der Waals surface area contributed by atoms with Crippen LogP contribution in [0.1, 0.15) is 39.0 Å². The lowest BCUT2D eigenvalue weighted by Crippen LogP contribution is -2.48. The van der Waals surface area contributed by atoms with Crippen molar-refractivity contribution in [2.75, 3.05) is 0 Å². The lowest BCUT2D eigenvalue weighted by molar-refractivity contribution is -0.123. The van der Waals surface area contributed by atoms with Crippen LogP contribution in [-0.2, 0) is 4.79 Å². The molecule has 3 unspecified atom stereocenters. The first-order valence-corrected chi connectivity index (χ1v) is 5.82. The first kappa shape index (κ1) is 12.2. The van der Waals surface area contributed by atoms with Crippen molar-refractivity contribution in [2.45, 2.75) is 51.1 Å². The van der Waals surface area contributed by atoms with Gasteiger partial charge in [0.05, 0.1) is 6.04 Å². The summed E-state index contributed by atoms with van der Waals surface area (Å²) in [5.74, 6) is 0.548. The Balaban J connectivity index is 2.38. The second-order valence-corrected chi connectivity index (χ2v) is 4.51. The van der Waals surface area contributed by atoms with Crippen LogP contribution in [-0.4, -0.2) is 18.0 Å². The van der Waals surface area contributed by atoms with E-state index in [1.54, 1.807) is 6.08 Å². The van der Waals surface area contributed by atoms with Gasteiger partial charge in [0.1, 0.15) is 0 Å². The highest BCUT2D eigenvalue weighted by atomic mass is 16.2. The van der Waals surface area contributed by atoms with Gasteiger partial charge < -0.3 is 11.1 Å². The Bertz CT molecular complexity index is 228. The zero-order chi connectivity index (χ0) is 11.3. The molecule has 0 aromatic heterocycles. The summed E-state index contributed by atoms with van der Waals surface area (Å²) in [5, 5.41) is 3.04. The minimum atomic E-state index is -0.434. The molecule has 3 atom stereocenters. The maximum Gasteiger partial charge on any atom is 0.237 e. The minimum Gasteiger partial charge on any atom is -0.352 e. The van der Waals surface area contributed by atoms with E-state index in [-0.39, 0.29) is 5.91 Å². The summed E-state index contributed by atoms with van der Waals surface area (Å²) in [6, 6.07) is -0.112. The van der Waals surface area contributed by atoms with Gasteiger partial charge in [0, 0.05) is 6.04 Å². The molecule has 1 amide bonds. The molecule has 3 heteroatoms. The third-order valence-corrected chi connectivity index (χ3v) is 3.20. The summed E-state index contributed by atoms with van der Waals surface area (Å²) in [7, 11) is 0. The highest BCUT2D eigenvalue weighted by Gasteiger charge is 2.24. The van der Waals surface area contributed by atoms with Crippen LogP contribution in [0.5, 0.6) is 0 Å². The van der Waals surface area contributed by atoms with Crippen molar-refractivity contribution < 1.29 is 4.79 Å². The Morgan fingerprint density at radius 2 is 2.27 bits per heavy atom. The van der Waals surface area contributed by atoms with Gasteiger partial charge in [-0.05, 0) is 25.2 Å². The molecule has 1 aliphatic carbocycles. The molecule has 0 aromatic carbocycles. The van der Waals surface area contributed by atoms with E-state index in [0.29, 0.717) is 18.4 Å². The van der Waals surface area contributed by atoms with Gasteiger partial charge in [-0.25, -0.2) is 0 Å². The number of rotatable bonds is 4. The van der Waals surface area contributed by atoms with E-state index in [4.69, 9.17) is 5.73 Å². The Morgan fingerprint density at radius 1 is 1.60 bits per heavy atom. The minimum absolute atomic E-state index is 0.0337. The zero-order valence-electron chi connectivity index (χ0n) is 9.54. The van der Waals surface area contributed by atoms with Crippen LogP contribution in [0, 0.1) is 5.92 Å². The predicted octanol–water partition coefficient (Wildman–Crippen LogP) is 1.58. The molecule has 0 spiro atoms. The molecule has 0 bridgehead atoms. The van der Waals surface area contributed by atoms with E-state index >= 15 is 0 Å². The quantitative estimate of drug-likeness (QED) is 0.692. The van der Waals surface area contributed by atoms with Crippen LogP contribution in [0.15, 0.2) is 12.7 Å². The zero-order valence-corrected chi connectivity index (χ0v) is 9.54. The van der Waals surface area contributed by atoms with Crippen molar-refractivity contribution >= 4 is 5.91 Å². The number of nitrogens with two attached hydrogens (primary N) is 1. The van der Waals surface area contributed by atoms with Crippen LogP contribution in [0.25, 0.3) is 0 Å². The van der Waals surface area contributed by atoms with Crippen LogP contribution in [0.3, 0.4) is 0 Å². The molecule has 1 fully saturated rings. The van der Waals surface area contributed by atoms with Gasteiger partial charge in [-0.1, -0.05) is 25.8 Å². The molecule has 0 radical (unpaired) electrons. The molecule has 3 N–H and O–H groups in total. The van der Waals surface area contributed by atoms with Gasteiger partial charge in [0.15, 0.2) is 0 Å². The van der Waals surface area contributed by atoms with Crippen LogP contribution >= 0.6 is 0 Å². The second-order valence-electron chi connectivity index (χ2n) is 4.51. The average molecular weight is 210 g/mol. The van der Waals surface area contributed by atoms with Crippen molar-refractivity contribution in [1.29, 1.82) is 0 Å². The first-order chi connectivity index (χ1) is 7.15.